The van der Waals surface area contributed by atoms with Gasteiger partial charge >= 0.3 is 7.17 Å². The number of fused-ring (bicyclic) bond motifs is 3. The molecule has 0 heterocycles. The Balaban J connectivity index is 0.000000739. The van der Waals surface area contributed by atoms with Crippen LogP contribution >= 0.6 is 8.77 Å². The van der Waals surface area contributed by atoms with E-state index >= 15 is 0 Å². The van der Waals surface area contributed by atoms with Crippen molar-refractivity contribution in [1.29, 1.82) is 1.34 Å². The topological polar surface area (TPSA) is 57.2 Å². The van der Waals surface area contributed by atoms with E-state index in [2.05, 4.69) is 50.2 Å². The summed E-state index contributed by atoms with van der Waals surface area (Å²) in [6.45, 7) is 8.23. The number of hydrogen-bond acceptors (Lipinski definition) is 5. The van der Waals surface area contributed by atoms with Crippen molar-refractivity contribution in [3.05, 3.63) is 58.7 Å². The molecule has 0 bridgehead atoms. The van der Waals surface area contributed by atoms with Crippen LogP contribution in [0.5, 0.6) is 0 Å². The minimum Gasteiger partial charge on any atom is -0.448 e. The number of methoxy groups -OCH3 is 2. The van der Waals surface area contributed by atoms with Crippen LogP contribution in [-0.4, -0.2) is 67.4 Å². The van der Waals surface area contributed by atoms with Gasteiger partial charge in [-0.3, -0.25) is 0 Å². The van der Waals surface area contributed by atoms with E-state index < -0.39 is 15.9 Å². The summed E-state index contributed by atoms with van der Waals surface area (Å²) in [4.78, 5) is 0. The van der Waals surface area contributed by atoms with Gasteiger partial charge in [-0.2, -0.15) is 0 Å². The molecule has 0 aromatic heterocycles. The molecule has 0 amide bonds. The van der Waals surface area contributed by atoms with Gasteiger partial charge in [-0.25, -0.2) is 4.20 Å². The second-order valence-corrected chi connectivity index (χ2v) is 8.61. The van der Waals surface area contributed by atoms with Crippen LogP contribution in [0, 0.1) is 13.8 Å². The van der Waals surface area contributed by atoms with Gasteiger partial charge in [0.1, 0.15) is 0 Å². The number of halogens is 1. The minimum absolute atomic E-state index is 0.0944. The van der Waals surface area contributed by atoms with E-state index in [0.717, 1.165) is 12.8 Å². The molecule has 5 nitrogen and oxygen atoms in total. The fourth-order valence-electron chi connectivity index (χ4n) is 4.37. The Bertz CT molecular complexity index is 819. The lowest BCUT2D eigenvalue weighted by Crippen LogP contribution is -2.30. The van der Waals surface area contributed by atoms with Gasteiger partial charge in [0.2, 0.25) is 0 Å². The molecule has 0 saturated carbocycles. The lowest BCUT2D eigenvalue weighted by atomic mass is 9.72. The first-order valence-electron chi connectivity index (χ1n) is 11.8. The molecule has 0 aliphatic heterocycles. The van der Waals surface area contributed by atoms with Gasteiger partial charge in [0.15, 0.2) is 0 Å². The van der Waals surface area contributed by atoms with Crippen LogP contribution in [0.4, 0.5) is 4.20 Å². The first kappa shape index (κ1) is 26.3. The Kier molecular flexibility index (Phi) is 11.8. The first-order chi connectivity index (χ1) is 16.4. The monoisotopic (exact) mass is 479 g/mol. The Hall–Kier alpha value is -1.34. The van der Waals surface area contributed by atoms with Gasteiger partial charge in [0.05, 0.1) is 35.2 Å². The molecule has 1 unspecified atom stereocenters. The highest BCUT2D eigenvalue weighted by Gasteiger charge is 2.42. The summed E-state index contributed by atoms with van der Waals surface area (Å²) in [5, 5.41) is 7.67. The van der Waals surface area contributed by atoms with Crippen LogP contribution in [0.15, 0.2) is 36.4 Å². The number of ether oxygens (including phenoxy) is 4. The van der Waals surface area contributed by atoms with Crippen LogP contribution in [0.25, 0.3) is 11.1 Å². The zero-order valence-corrected chi connectivity index (χ0v) is 21.2. The molecule has 2 aromatic carbocycles. The van der Waals surface area contributed by atoms with Crippen LogP contribution in [0.1, 0.15) is 35.1 Å². The fraction of sp³-hybridized carbons (Fsp3) is 0.520. The number of rotatable bonds is 13. The van der Waals surface area contributed by atoms with Crippen molar-refractivity contribution in [2.75, 3.05) is 53.9 Å². The van der Waals surface area contributed by atoms with E-state index in [9.17, 15) is 4.20 Å². The van der Waals surface area contributed by atoms with Crippen LogP contribution in [0.3, 0.4) is 0 Å². The molecule has 0 saturated heterocycles. The number of aryl methyl sites for hydroxylation is 2. The molecule has 1 atom stereocenters. The van der Waals surface area contributed by atoms with Crippen LogP contribution in [0.2, 0.25) is 0 Å². The highest BCUT2D eigenvalue weighted by Crippen LogP contribution is 2.53. The average molecular weight is 479 g/mol. The molecule has 0 fully saturated rings. The van der Waals surface area contributed by atoms with Gasteiger partial charge < -0.3 is 24.0 Å². The number of benzene rings is 2. The van der Waals surface area contributed by atoms with Gasteiger partial charge in [-0.1, -0.05) is 47.5 Å². The second-order valence-electron chi connectivity index (χ2n) is 8.13. The molecular formula is C25H37BFO5P. The molecule has 33 heavy (non-hydrogen) atoms. The summed E-state index contributed by atoms with van der Waals surface area (Å²) in [7, 11) is 0.743. The van der Waals surface area contributed by atoms with E-state index in [0.29, 0.717) is 39.6 Å². The second kappa shape index (κ2) is 14.8. The maximum Gasteiger partial charge on any atom is 0.332 e. The van der Waals surface area contributed by atoms with Crippen molar-refractivity contribution >= 4 is 15.9 Å². The zero-order chi connectivity index (χ0) is 25.0. The van der Waals surface area contributed by atoms with Gasteiger partial charge in [0, 0.05) is 34.2 Å². The molecule has 3 rings (SSSR count). The molecule has 182 valence electrons. The molecule has 0 spiro atoms. The third kappa shape index (κ3) is 7.58. The SMILES string of the molecule is COCCOCCC1(CCOCCOC)c2cc(C)ccc2-c2ccc(C)cc21.[2H]B(O)PF. The maximum absolute atomic E-state index is 10.7. The highest BCUT2D eigenvalue weighted by atomic mass is 31.1. The first-order valence-corrected chi connectivity index (χ1v) is 12.2. The van der Waals surface area contributed by atoms with Crippen molar-refractivity contribution < 1.29 is 28.2 Å². The molecule has 8 heteroatoms. The Morgan fingerprint density at radius 2 is 1.27 bits per heavy atom. The standard InChI is InChI=1S/C25H34O4.BFH3OP/c1-19-5-7-21-22-8-6-20(2)18-24(22)25(23(21)17-19,9-11-28-15-13-26-3)10-12-29-16-14-27-4;2-4-1-3/h5-8,17-18H,9-16H2,1-4H3;1,3-4H/i;1D. The predicted molar refractivity (Wildman–Crippen MR) is 136 cm³/mol. The Labute approximate surface area is 201 Å². The normalized spacial score (nSPS) is 13.9. The zero-order valence-electron chi connectivity index (χ0n) is 21.2. The van der Waals surface area contributed by atoms with E-state index in [4.69, 9.17) is 25.3 Å². The van der Waals surface area contributed by atoms with Gasteiger partial charge in [-0.05, 0) is 48.9 Å². The summed E-state index contributed by atoms with van der Waals surface area (Å²) >= 11 is 0. The molecule has 0 radical (unpaired) electrons. The largest absolute Gasteiger partial charge is 0.448 e. The smallest absolute Gasteiger partial charge is 0.332 e. The summed E-state index contributed by atoms with van der Waals surface area (Å²) in [5.74, 6) is 0. The minimum atomic E-state index is -1.50. The molecule has 1 aliphatic carbocycles. The third-order valence-corrected chi connectivity index (χ3v) is 6.03. The van der Waals surface area contributed by atoms with Crippen LogP contribution < -0.4 is 0 Å². The summed E-state index contributed by atoms with van der Waals surface area (Å²) in [5.41, 5.74) is 7.99. The summed E-state index contributed by atoms with van der Waals surface area (Å²) < 4.78 is 38.8. The van der Waals surface area contributed by atoms with Crippen LogP contribution in [-0.2, 0) is 24.4 Å². The molecule has 2 aromatic rings. The van der Waals surface area contributed by atoms with Gasteiger partial charge in [-0.15, -0.1) is 0 Å². The van der Waals surface area contributed by atoms with Crippen molar-refractivity contribution in [2.24, 2.45) is 0 Å². The fourth-order valence-corrected chi connectivity index (χ4v) is 4.37. The Morgan fingerprint density at radius 1 is 0.848 bits per heavy atom. The maximum atomic E-state index is 10.7. The molecule has 1 aliphatic rings. The lowest BCUT2D eigenvalue weighted by Gasteiger charge is -2.33. The van der Waals surface area contributed by atoms with E-state index in [-0.39, 0.29) is 5.41 Å². The lowest BCUT2D eigenvalue weighted by molar-refractivity contribution is 0.0490. The van der Waals surface area contributed by atoms with E-state index in [1.165, 1.54) is 33.4 Å². The average Bonchev–Trinajstić information content (AvgIpc) is 3.07. The predicted octanol–water partition coefficient (Wildman–Crippen LogP) is 4.48. The highest BCUT2D eigenvalue weighted by molar-refractivity contribution is 7.65. The van der Waals surface area contributed by atoms with E-state index in [1.807, 2.05) is 0 Å². The molecule has 1 N–H and O–H groups in total. The van der Waals surface area contributed by atoms with Crippen molar-refractivity contribution in [3.63, 3.8) is 0 Å². The summed E-state index contributed by atoms with van der Waals surface area (Å²) in [6.07, 6.45) is 1.86. The summed E-state index contributed by atoms with van der Waals surface area (Å²) in [6, 6.07) is 13.7. The van der Waals surface area contributed by atoms with Gasteiger partial charge in [0.25, 0.3) is 0 Å². The molecular weight excluding hydrogens is 441 g/mol. The van der Waals surface area contributed by atoms with E-state index in [1.54, 1.807) is 14.2 Å². The van der Waals surface area contributed by atoms with Crippen molar-refractivity contribution in [2.45, 2.75) is 32.1 Å². The Morgan fingerprint density at radius 3 is 1.64 bits per heavy atom. The van der Waals surface area contributed by atoms with Crippen molar-refractivity contribution in [3.8, 4) is 11.1 Å². The van der Waals surface area contributed by atoms with Crippen molar-refractivity contribution in [1.82, 2.24) is 0 Å². The number of hydrogen-bond donors (Lipinski definition) is 1. The quantitative estimate of drug-likeness (QED) is 0.261. The third-order valence-electron chi connectivity index (χ3n) is 5.93.